The zero-order chi connectivity index (χ0) is 36.6. The average molecular weight is 696 g/mol. The van der Waals surface area contributed by atoms with Gasteiger partial charge in [-0.15, -0.1) is 0 Å². The highest BCUT2D eigenvalue weighted by molar-refractivity contribution is 5.89. The van der Waals surface area contributed by atoms with Crippen LogP contribution in [0.15, 0.2) is 152 Å². The minimum atomic E-state index is -0.252. The van der Waals surface area contributed by atoms with Crippen LogP contribution in [0.3, 0.4) is 0 Å². The number of hydrogen-bond acceptors (Lipinski definition) is 5. The number of benzene rings is 5. The van der Waals surface area contributed by atoms with Gasteiger partial charge in [0.15, 0.2) is 17.5 Å². The lowest BCUT2D eigenvalue weighted by Gasteiger charge is -2.25. The Morgan fingerprint density at radius 3 is 1.20 bits per heavy atom. The van der Waals surface area contributed by atoms with Crippen molar-refractivity contribution in [3.63, 3.8) is 0 Å². The SMILES string of the molecule is CC1(C)c2ccccc2-c2cccc(-c3nc(-c4cc(-c5ccccn5)cc(-c5ccccn5)c4)nc(-c4cccc5c4C(C)(C)c4ccccc4-5)n3)c21. The molecule has 5 aromatic carbocycles. The van der Waals surface area contributed by atoms with Gasteiger partial charge in [-0.2, -0.15) is 0 Å². The summed E-state index contributed by atoms with van der Waals surface area (Å²) in [5.74, 6) is 1.91. The zero-order valence-corrected chi connectivity index (χ0v) is 30.7. The van der Waals surface area contributed by atoms with Crippen molar-refractivity contribution >= 4 is 0 Å². The molecule has 0 fully saturated rings. The predicted molar refractivity (Wildman–Crippen MR) is 218 cm³/mol. The van der Waals surface area contributed by atoms with Crippen molar-refractivity contribution in [2.45, 2.75) is 38.5 Å². The summed E-state index contributed by atoms with van der Waals surface area (Å²) in [6, 6.07) is 48.9. The van der Waals surface area contributed by atoms with E-state index in [1.165, 1.54) is 44.5 Å². The first-order valence-corrected chi connectivity index (χ1v) is 18.5. The Hall–Kier alpha value is -6.59. The number of hydrogen-bond donors (Lipinski definition) is 0. The second kappa shape index (κ2) is 12.0. The minimum absolute atomic E-state index is 0.252. The van der Waals surface area contributed by atoms with E-state index >= 15 is 0 Å². The first-order valence-electron chi connectivity index (χ1n) is 18.5. The van der Waals surface area contributed by atoms with Crippen molar-refractivity contribution in [3.8, 4) is 78.9 Å². The third kappa shape index (κ3) is 4.88. The van der Waals surface area contributed by atoms with Crippen LogP contribution in [-0.2, 0) is 10.8 Å². The van der Waals surface area contributed by atoms with Crippen molar-refractivity contribution in [1.29, 1.82) is 0 Å². The van der Waals surface area contributed by atoms with Gasteiger partial charge in [-0.05, 0) is 87.0 Å². The fraction of sp³-hybridized carbons (Fsp3) is 0.122. The highest BCUT2D eigenvalue weighted by Gasteiger charge is 2.40. The zero-order valence-electron chi connectivity index (χ0n) is 30.7. The summed E-state index contributed by atoms with van der Waals surface area (Å²) >= 11 is 0. The molecule has 3 heterocycles. The summed E-state index contributed by atoms with van der Waals surface area (Å²) in [4.78, 5) is 25.6. The molecular weight excluding hydrogens is 659 g/mol. The number of fused-ring (bicyclic) bond motifs is 6. The van der Waals surface area contributed by atoms with Gasteiger partial charge in [0.05, 0.1) is 11.4 Å². The molecule has 0 N–H and O–H groups in total. The largest absolute Gasteiger partial charge is 0.256 e. The van der Waals surface area contributed by atoms with Crippen molar-refractivity contribution in [2.75, 3.05) is 0 Å². The van der Waals surface area contributed by atoms with Gasteiger partial charge >= 0.3 is 0 Å². The second-order valence-electron chi connectivity index (χ2n) is 15.3. The molecule has 258 valence electrons. The molecule has 0 unspecified atom stereocenters. The van der Waals surface area contributed by atoms with Gasteiger partial charge in [0.25, 0.3) is 0 Å². The molecule has 3 aromatic heterocycles. The maximum atomic E-state index is 5.43. The Morgan fingerprint density at radius 2 is 0.741 bits per heavy atom. The van der Waals surface area contributed by atoms with Crippen LogP contribution in [0, 0.1) is 0 Å². The van der Waals surface area contributed by atoms with Crippen LogP contribution >= 0.6 is 0 Å². The van der Waals surface area contributed by atoms with Gasteiger partial charge in [0, 0.05) is 51.0 Å². The molecule has 5 heteroatoms. The molecule has 0 saturated heterocycles. The summed E-state index contributed by atoms with van der Waals surface area (Å²) in [7, 11) is 0. The normalized spacial score (nSPS) is 14.2. The van der Waals surface area contributed by atoms with E-state index in [0.29, 0.717) is 17.5 Å². The maximum Gasteiger partial charge on any atom is 0.164 e. The molecule has 2 aliphatic carbocycles. The lowest BCUT2D eigenvalue weighted by atomic mass is 9.79. The van der Waals surface area contributed by atoms with Crippen molar-refractivity contribution in [2.24, 2.45) is 0 Å². The molecule has 0 atom stereocenters. The Bertz CT molecular complexity index is 2580. The molecule has 0 amide bonds. The first-order chi connectivity index (χ1) is 26.3. The number of nitrogens with zero attached hydrogens (tertiary/aromatic N) is 5. The molecule has 10 rings (SSSR count). The lowest BCUT2D eigenvalue weighted by Crippen LogP contribution is -2.18. The van der Waals surface area contributed by atoms with E-state index < -0.39 is 0 Å². The van der Waals surface area contributed by atoms with Gasteiger partial charge in [-0.1, -0.05) is 125 Å². The Kier molecular flexibility index (Phi) is 7.11. The Morgan fingerprint density at radius 1 is 0.352 bits per heavy atom. The second-order valence-corrected chi connectivity index (χ2v) is 15.3. The average Bonchev–Trinajstić information content (AvgIpc) is 3.61. The lowest BCUT2D eigenvalue weighted by molar-refractivity contribution is 0.660. The van der Waals surface area contributed by atoms with E-state index in [0.717, 1.165) is 39.2 Å². The molecule has 8 aromatic rings. The maximum absolute atomic E-state index is 5.43. The molecule has 5 nitrogen and oxygen atoms in total. The third-order valence-corrected chi connectivity index (χ3v) is 11.4. The smallest absolute Gasteiger partial charge is 0.164 e. The number of rotatable bonds is 5. The summed E-state index contributed by atoms with van der Waals surface area (Å²) in [6.45, 7) is 9.24. The monoisotopic (exact) mass is 695 g/mol. The molecule has 0 bridgehead atoms. The van der Waals surface area contributed by atoms with Gasteiger partial charge < -0.3 is 0 Å². The highest BCUT2D eigenvalue weighted by Crippen LogP contribution is 2.53. The van der Waals surface area contributed by atoms with Gasteiger partial charge in [-0.25, -0.2) is 15.0 Å². The number of aromatic nitrogens is 5. The molecule has 2 aliphatic rings. The summed E-state index contributed by atoms with van der Waals surface area (Å²) in [6.07, 6.45) is 3.65. The summed E-state index contributed by atoms with van der Waals surface area (Å²) in [5.41, 5.74) is 16.1. The predicted octanol–water partition coefficient (Wildman–Crippen LogP) is 11.6. The third-order valence-electron chi connectivity index (χ3n) is 11.4. The topological polar surface area (TPSA) is 64.5 Å². The van der Waals surface area contributed by atoms with Crippen LogP contribution in [-0.4, -0.2) is 24.9 Å². The van der Waals surface area contributed by atoms with Crippen LogP contribution in [0.2, 0.25) is 0 Å². The van der Waals surface area contributed by atoms with Crippen molar-refractivity contribution < 1.29 is 0 Å². The molecule has 0 saturated carbocycles. The van der Waals surface area contributed by atoms with E-state index in [9.17, 15) is 0 Å². The van der Waals surface area contributed by atoms with E-state index in [2.05, 4.69) is 131 Å². The Balaban J connectivity index is 1.26. The molecule has 0 spiro atoms. The fourth-order valence-electron chi connectivity index (χ4n) is 8.93. The standard InChI is InChI=1S/C49H37N5/c1-48(2)39-21-7-5-15-33(39)35-17-13-19-37(43(35)48)46-52-45(32-28-30(41-23-9-11-25-50-41)27-31(29-32)42-24-10-12-26-51-42)53-47(54-46)38-20-14-18-36-34-16-6-8-22-40(34)49(3,4)44(36)38/h5-29H,1-4H3. The van der Waals surface area contributed by atoms with E-state index in [4.69, 9.17) is 24.9 Å². The van der Waals surface area contributed by atoms with E-state index in [1.54, 1.807) is 0 Å². The van der Waals surface area contributed by atoms with Crippen LogP contribution in [0.4, 0.5) is 0 Å². The summed E-state index contributed by atoms with van der Waals surface area (Å²) < 4.78 is 0. The highest BCUT2D eigenvalue weighted by atomic mass is 15.0. The molecular formula is C49H37N5. The van der Waals surface area contributed by atoms with E-state index in [-0.39, 0.29) is 10.8 Å². The Labute approximate surface area is 315 Å². The van der Waals surface area contributed by atoms with Crippen LogP contribution in [0.1, 0.15) is 49.9 Å². The number of pyridine rings is 2. The van der Waals surface area contributed by atoms with Crippen molar-refractivity contribution in [3.05, 3.63) is 174 Å². The quantitative estimate of drug-likeness (QED) is 0.179. The van der Waals surface area contributed by atoms with Gasteiger partial charge in [-0.3, -0.25) is 9.97 Å². The molecule has 0 radical (unpaired) electrons. The first kappa shape index (κ1) is 32.1. The van der Waals surface area contributed by atoms with Crippen LogP contribution in [0.5, 0.6) is 0 Å². The van der Waals surface area contributed by atoms with Crippen molar-refractivity contribution in [1.82, 2.24) is 24.9 Å². The fourth-order valence-corrected chi connectivity index (χ4v) is 8.93. The van der Waals surface area contributed by atoms with E-state index in [1.807, 2.05) is 48.8 Å². The van der Waals surface area contributed by atoms with Gasteiger partial charge in [0.2, 0.25) is 0 Å². The molecule has 0 aliphatic heterocycles. The van der Waals surface area contributed by atoms with Crippen LogP contribution < -0.4 is 0 Å². The molecule has 54 heavy (non-hydrogen) atoms. The van der Waals surface area contributed by atoms with Gasteiger partial charge in [0.1, 0.15) is 0 Å². The minimum Gasteiger partial charge on any atom is -0.256 e. The van der Waals surface area contributed by atoms with Crippen LogP contribution in [0.25, 0.3) is 78.9 Å². The summed E-state index contributed by atoms with van der Waals surface area (Å²) in [5, 5.41) is 0.